The minimum absolute atomic E-state index is 0.217. The quantitative estimate of drug-likeness (QED) is 0.871. The van der Waals surface area contributed by atoms with Gasteiger partial charge in [-0.15, -0.1) is 11.3 Å². The van der Waals surface area contributed by atoms with Crippen molar-refractivity contribution in [2.24, 2.45) is 5.92 Å². The number of likely N-dealkylation sites (tertiary alicyclic amines) is 1. The topological polar surface area (TPSA) is 46.4 Å². The lowest BCUT2D eigenvalue weighted by molar-refractivity contribution is -0.898. The van der Waals surface area contributed by atoms with Crippen molar-refractivity contribution in [1.82, 2.24) is 10.3 Å². The van der Waals surface area contributed by atoms with Crippen LogP contribution in [0.25, 0.3) is 10.2 Å². The minimum Gasteiger partial charge on any atom is -0.348 e. The average molecular weight is 345 g/mol. The maximum Gasteiger partial charge on any atom is 0.275 e. The normalized spacial score (nSPS) is 25.5. The highest BCUT2D eigenvalue weighted by atomic mass is 32.1. The van der Waals surface area contributed by atoms with E-state index in [1.807, 2.05) is 11.3 Å². The van der Waals surface area contributed by atoms with Gasteiger partial charge in [0.15, 0.2) is 6.54 Å². The molecule has 3 atom stereocenters. The molecule has 0 spiro atoms. The van der Waals surface area contributed by atoms with Gasteiger partial charge in [0, 0.05) is 6.04 Å². The molecule has 2 N–H and O–H groups in total. The zero-order chi connectivity index (χ0) is 16.5. The number of hydrogen-bond acceptors (Lipinski definition) is 3. The molecule has 1 saturated heterocycles. The molecule has 2 fully saturated rings. The second-order valence-corrected chi connectivity index (χ2v) is 8.50. The van der Waals surface area contributed by atoms with Crippen LogP contribution in [-0.4, -0.2) is 36.6 Å². The van der Waals surface area contributed by atoms with Crippen LogP contribution >= 0.6 is 11.3 Å². The van der Waals surface area contributed by atoms with Gasteiger partial charge in [-0.3, -0.25) is 4.79 Å². The first-order valence-electron chi connectivity index (χ1n) is 9.17. The molecule has 1 amide bonds. The van der Waals surface area contributed by atoms with Gasteiger partial charge in [-0.25, -0.2) is 4.98 Å². The SMILES string of the molecule is C[C@H](NC(=O)C[NH+]1CCC[C@H](c2nc3ccccc3s2)C1)C1CC1. The summed E-state index contributed by atoms with van der Waals surface area (Å²) in [4.78, 5) is 18.5. The number of quaternary nitrogens is 1. The molecule has 1 aliphatic heterocycles. The summed E-state index contributed by atoms with van der Waals surface area (Å²) >= 11 is 1.82. The van der Waals surface area contributed by atoms with Crippen LogP contribution in [0.2, 0.25) is 0 Å². The summed E-state index contributed by atoms with van der Waals surface area (Å²) in [5.41, 5.74) is 1.11. The van der Waals surface area contributed by atoms with E-state index in [4.69, 9.17) is 4.98 Å². The van der Waals surface area contributed by atoms with Crippen LogP contribution in [0.15, 0.2) is 24.3 Å². The molecule has 1 aromatic carbocycles. The Hall–Kier alpha value is -1.46. The zero-order valence-corrected chi connectivity index (χ0v) is 15.1. The minimum atomic E-state index is 0.217. The molecule has 2 aromatic rings. The molecule has 1 saturated carbocycles. The molecule has 1 unspecified atom stereocenters. The van der Waals surface area contributed by atoms with Gasteiger partial charge < -0.3 is 10.2 Å². The molecule has 2 aliphatic rings. The molecule has 24 heavy (non-hydrogen) atoms. The molecule has 0 bridgehead atoms. The number of hydrogen-bond donors (Lipinski definition) is 2. The predicted molar refractivity (Wildman–Crippen MR) is 97.5 cm³/mol. The second kappa shape index (κ2) is 6.81. The Morgan fingerprint density at radius 3 is 3.00 bits per heavy atom. The first kappa shape index (κ1) is 16.0. The van der Waals surface area contributed by atoms with E-state index in [2.05, 4.69) is 36.5 Å². The van der Waals surface area contributed by atoms with E-state index in [9.17, 15) is 4.79 Å². The average Bonchev–Trinajstić information content (AvgIpc) is 3.34. The number of carbonyl (C=O) groups excluding carboxylic acids is 1. The fourth-order valence-corrected chi connectivity index (χ4v) is 4.94. The number of fused-ring (bicyclic) bond motifs is 1. The number of thiazole rings is 1. The van der Waals surface area contributed by atoms with Gasteiger partial charge in [-0.1, -0.05) is 12.1 Å². The molecule has 0 radical (unpaired) electrons. The Balaban J connectivity index is 1.37. The van der Waals surface area contributed by atoms with E-state index >= 15 is 0 Å². The summed E-state index contributed by atoms with van der Waals surface area (Å²) in [7, 11) is 0. The molecule has 1 aliphatic carbocycles. The number of benzene rings is 1. The predicted octanol–water partition coefficient (Wildman–Crippen LogP) is 1.97. The van der Waals surface area contributed by atoms with Gasteiger partial charge in [-0.05, 0) is 50.7 Å². The molecule has 4 rings (SSSR count). The summed E-state index contributed by atoms with van der Waals surface area (Å²) in [6, 6.07) is 8.72. The van der Waals surface area contributed by atoms with Crippen LogP contribution in [0, 0.1) is 5.92 Å². The third kappa shape index (κ3) is 3.62. The van der Waals surface area contributed by atoms with Gasteiger partial charge in [-0.2, -0.15) is 0 Å². The van der Waals surface area contributed by atoms with Crippen molar-refractivity contribution in [3.63, 3.8) is 0 Å². The number of amides is 1. The molecular weight excluding hydrogens is 318 g/mol. The fraction of sp³-hybridized carbons (Fsp3) is 0.579. The lowest BCUT2D eigenvalue weighted by atomic mass is 9.99. The third-order valence-corrected chi connectivity index (χ3v) is 6.60. The molecule has 5 heteroatoms. The number of para-hydroxylation sites is 1. The fourth-order valence-electron chi connectivity index (χ4n) is 3.83. The van der Waals surface area contributed by atoms with Crippen molar-refractivity contribution in [2.75, 3.05) is 19.6 Å². The molecular formula is C19H26N3OS+. The number of nitrogens with zero attached hydrogens (tertiary/aromatic N) is 1. The highest BCUT2D eigenvalue weighted by Crippen LogP contribution is 2.32. The van der Waals surface area contributed by atoms with Crippen molar-refractivity contribution in [1.29, 1.82) is 0 Å². The van der Waals surface area contributed by atoms with Gasteiger partial charge >= 0.3 is 0 Å². The van der Waals surface area contributed by atoms with Gasteiger partial charge in [0.25, 0.3) is 5.91 Å². The van der Waals surface area contributed by atoms with Crippen LogP contribution in [-0.2, 0) is 4.79 Å². The van der Waals surface area contributed by atoms with Crippen molar-refractivity contribution >= 4 is 27.5 Å². The van der Waals surface area contributed by atoms with Crippen LogP contribution in [0.4, 0.5) is 0 Å². The molecule has 128 valence electrons. The van der Waals surface area contributed by atoms with E-state index in [1.165, 1.54) is 40.3 Å². The maximum absolute atomic E-state index is 12.3. The molecule has 2 heterocycles. The summed E-state index contributed by atoms with van der Waals surface area (Å²) in [6.07, 6.45) is 4.93. The van der Waals surface area contributed by atoms with E-state index in [1.54, 1.807) is 0 Å². The monoisotopic (exact) mass is 344 g/mol. The summed E-state index contributed by atoms with van der Waals surface area (Å²) in [5, 5.41) is 4.44. The first-order chi connectivity index (χ1) is 11.7. The van der Waals surface area contributed by atoms with Crippen LogP contribution < -0.4 is 10.2 Å². The van der Waals surface area contributed by atoms with Gasteiger partial charge in [0.2, 0.25) is 0 Å². The Bertz CT molecular complexity index is 691. The van der Waals surface area contributed by atoms with Crippen molar-refractivity contribution < 1.29 is 9.69 Å². The Morgan fingerprint density at radius 1 is 1.38 bits per heavy atom. The largest absolute Gasteiger partial charge is 0.348 e. The van der Waals surface area contributed by atoms with Crippen LogP contribution in [0.3, 0.4) is 0 Å². The molecule has 4 nitrogen and oxygen atoms in total. The highest BCUT2D eigenvalue weighted by Gasteiger charge is 2.31. The number of carbonyl (C=O) groups is 1. The van der Waals surface area contributed by atoms with E-state index < -0.39 is 0 Å². The maximum atomic E-state index is 12.3. The smallest absolute Gasteiger partial charge is 0.275 e. The Kier molecular flexibility index (Phi) is 4.55. The number of piperidine rings is 1. The number of rotatable bonds is 5. The van der Waals surface area contributed by atoms with Crippen molar-refractivity contribution in [2.45, 2.75) is 44.6 Å². The third-order valence-electron chi connectivity index (χ3n) is 5.41. The summed E-state index contributed by atoms with van der Waals surface area (Å²) in [6.45, 7) is 4.89. The summed E-state index contributed by atoms with van der Waals surface area (Å²) in [5.74, 6) is 1.44. The number of nitrogens with one attached hydrogen (secondary N) is 2. The molecule has 1 aromatic heterocycles. The Morgan fingerprint density at radius 2 is 2.21 bits per heavy atom. The van der Waals surface area contributed by atoms with E-state index in [0.717, 1.165) is 24.5 Å². The number of aromatic nitrogens is 1. The summed E-state index contributed by atoms with van der Waals surface area (Å²) < 4.78 is 1.27. The standard InChI is InChI=1S/C19H25N3OS/c1-13(14-8-9-14)20-18(23)12-22-10-4-5-15(11-22)19-21-16-6-2-3-7-17(16)24-19/h2-3,6-7,13-15H,4-5,8-12H2,1H3,(H,20,23)/p+1/t13-,15-/m0/s1. The van der Waals surface area contributed by atoms with E-state index in [0.29, 0.717) is 18.5 Å². The van der Waals surface area contributed by atoms with Crippen LogP contribution in [0.1, 0.15) is 43.5 Å². The van der Waals surface area contributed by atoms with Crippen molar-refractivity contribution in [3.8, 4) is 0 Å². The van der Waals surface area contributed by atoms with Gasteiger partial charge in [0.05, 0.1) is 29.2 Å². The zero-order valence-electron chi connectivity index (χ0n) is 14.3. The Labute approximate surface area is 147 Å². The lowest BCUT2D eigenvalue weighted by Gasteiger charge is -2.28. The van der Waals surface area contributed by atoms with Crippen molar-refractivity contribution in [3.05, 3.63) is 29.3 Å². The van der Waals surface area contributed by atoms with E-state index in [-0.39, 0.29) is 5.91 Å². The second-order valence-electron chi connectivity index (χ2n) is 7.43. The van der Waals surface area contributed by atoms with Gasteiger partial charge in [0.1, 0.15) is 5.01 Å². The lowest BCUT2D eigenvalue weighted by Crippen LogP contribution is -3.14. The van der Waals surface area contributed by atoms with Crippen LogP contribution in [0.5, 0.6) is 0 Å². The highest BCUT2D eigenvalue weighted by molar-refractivity contribution is 7.18. The first-order valence-corrected chi connectivity index (χ1v) is 9.99.